The third kappa shape index (κ3) is 3.59. The monoisotopic (exact) mass is 408 g/mol. The second-order valence-electron chi connectivity index (χ2n) is 7.21. The summed E-state index contributed by atoms with van der Waals surface area (Å²) >= 11 is 0. The summed E-state index contributed by atoms with van der Waals surface area (Å²) < 4.78 is 21.3. The normalized spacial score (nSPS) is 15.5. The summed E-state index contributed by atoms with van der Waals surface area (Å²) in [6.07, 6.45) is 1.28. The molecule has 8 heteroatoms. The largest absolute Gasteiger partial charge is 0.497 e. The van der Waals surface area contributed by atoms with Crippen molar-refractivity contribution in [3.05, 3.63) is 53.7 Å². The molecule has 8 nitrogen and oxygen atoms in total. The number of nitrogens with one attached hydrogen (secondary N) is 1. The lowest BCUT2D eigenvalue weighted by Crippen LogP contribution is -2.42. The van der Waals surface area contributed by atoms with Crippen LogP contribution in [-0.2, 0) is 19.1 Å². The van der Waals surface area contributed by atoms with Crippen molar-refractivity contribution in [1.82, 2.24) is 4.98 Å². The SMILES string of the molecule is COc1ccc2oc(-c3cccc(NC=C4C(=O)OC(C)(C)OC4=O)c3C)nc2c1. The molecule has 0 amide bonds. The third-order valence-electron chi connectivity index (χ3n) is 4.65. The molecule has 3 aromatic rings. The van der Waals surface area contributed by atoms with Crippen LogP contribution in [0.4, 0.5) is 5.69 Å². The van der Waals surface area contributed by atoms with E-state index in [2.05, 4.69) is 10.3 Å². The number of ether oxygens (including phenoxy) is 3. The molecule has 0 radical (unpaired) electrons. The number of oxazole rings is 1. The minimum absolute atomic E-state index is 0.215. The Bertz CT molecular complexity index is 1170. The number of anilines is 1. The summed E-state index contributed by atoms with van der Waals surface area (Å²) in [6.45, 7) is 4.87. The number of cyclic esters (lactones) is 2. The highest BCUT2D eigenvalue weighted by atomic mass is 16.7. The first-order valence-electron chi connectivity index (χ1n) is 9.25. The van der Waals surface area contributed by atoms with E-state index in [1.54, 1.807) is 25.3 Å². The van der Waals surface area contributed by atoms with Crippen LogP contribution in [0.3, 0.4) is 0 Å². The maximum atomic E-state index is 12.1. The number of hydrogen-bond donors (Lipinski definition) is 1. The number of rotatable bonds is 4. The summed E-state index contributed by atoms with van der Waals surface area (Å²) in [5, 5.41) is 2.98. The van der Waals surface area contributed by atoms with Crippen LogP contribution in [-0.4, -0.2) is 29.8 Å². The maximum Gasteiger partial charge on any atom is 0.350 e. The standard InChI is InChI=1S/C22H20N2O6/c1-12-14(19-24-17-10-13(27-4)8-9-18(17)28-19)6-5-7-16(12)23-11-15-20(25)29-22(2,3)30-21(15)26/h5-11,23H,1-4H3. The Morgan fingerprint density at radius 3 is 2.53 bits per heavy atom. The molecular weight excluding hydrogens is 388 g/mol. The summed E-state index contributed by atoms with van der Waals surface area (Å²) in [7, 11) is 1.59. The zero-order chi connectivity index (χ0) is 21.5. The van der Waals surface area contributed by atoms with Crippen LogP contribution in [0.1, 0.15) is 19.4 Å². The highest BCUT2D eigenvalue weighted by Crippen LogP contribution is 2.32. The molecule has 1 saturated heterocycles. The summed E-state index contributed by atoms with van der Waals surface area (Å²) in [4.78, 5) is 28.7. The average molecular weight is 408 g/mol. The molecule has 2 aromatic carbocycles. The van der Waals surface area contributed by atoms with Gasteiger partial charge < -0.3 is 23.9 Å². The van der Waals surface area contributed by atoms with E-state index in [0.717, 1.165) is 11.1 Å². The molecule has 30 heavy (non-hydrogen) atoms. The average Bonchev–Trinajstić information content (AvgIpc) is 3.10. The van der Waals surface area contributed by atoms with E-state index in [0.29, 0.717) is 28.4 Å². The molecule has 0 unspecified atom stereocenters. The van der Waals surface area contributed by atoms with Gasteiger partial charge in [0.25, 0.3) is 5.79 Å². The lowest BCUT2D eigenvalue weighted by molar-refractivity contribution is -0.222. The fourth-order valence-corrected chi connectivity index (χ4v) is 3.10. The first kappa shape index (κ1) is 19.5. The predicted molar refractivity (Wildman–Crippen MR) is 109 cm³/mol. The van der Waals surface area contributed by atoms with E-state index in [1.165, 1.54) is 20.0 Å². The Hall–Kier alpha value is -3.81. The van der Waals surface area contributed by atoms with E-state index in [9.17, 15) is 9.59 Å². The van der Waals surface area contributed by atoms with Gasteiger partial charge in [-0.15, -0.1) is 0 Å². The van der Waals surface area contributed by atoms with Crippen molar-refractivity contribution in [2.45, 2.75) is 26.6 Å². The van der Waals surface area contributed by atoms with Gasteiger partial charge in [0, 0.05) is 37.4 Å². The Morgan fingerprint density at radius 2 is 1.83 bits per heavy atom. The predicted octanol–water partition coefficient (Wildman–Crippen LogP) is 3.94. The Balaban J connectivity index is 1.64. The van der Waals surface area contributed by atoms with Gasteiger partial charge in [0.2, 0.25) is 5.89 Å². The third-order valence-corrected chi connectivity index (χ3v) is 4.65. The topological polar surface area (TPSA) is 99.9 Å². The molecule has 0 spiro atoms. The number of hydrogen-bond acceptors (Lipinski definition) is 8. The lowest BCUT2D eigenvalue weighted by Gasteiger charge is -2.29. The zero-order valence-electron chi connectivity index (χ0n) is 16.9. The van der Waals surface area contributed by atoms with Gasteiger partial charge in [0.15, 0.2) is 11.2 Å². The number of carbonyl (C=O) groups excluding carboxylic acids is 2. The Morgan fingerprint density at radius 1 is 1.10 bits per heavy atom. The summed E-state index contributed by atoms with van der Waals surface area (Å²) in [5.74, 6) is -1.63. The van der Waals surface area contributed by atoms with Crippen LogP contribution >= 0.6 is 0 Å². The fourth-order valence-electron chi connectivity index (χ4n) is 3.10. The smallest absolute Gasteiger partial charge is 0.350 e. The van der Waals surface area contributed by atoms with Crippen molar-refractivity contribution in [3.63, 3.8) is 0 Å². The van der Waals surface area contributed by atoms with Gasteiger partial charge in [-0.05, 0) is 36.8 Å². The molecule has 1 aromatic heterocycles. The number of benzene rings is 2. The molecule has 1 aliphatic rings. The second kappa shape index (κ2) is 7.22. The minimum atomic E-state index is -1.28. The molecule has 2 heterocycles. The number of fused-ring (bicyclic) bond motifs is 1. The molecule has 0 atom stereocenters. The van der Waals surface area contributed by atoms with Gasteiger partial charge in [0.05, 0.1) is 7.11 Å². The van der Waals surface area contributed by atoms with Crippen molar-refractivity contribution < 1.29 is 28.2 Å². The number of carbonyl (C=O) groups is 2. The fraction of sp³-hybridized carbons (Fsp3) is 0.227. The molecule has 0 aliphatic carbocycles. The summed E-state index contributed by atoms with van der Waals surface area (Å²) in [5.41, 5.74) is 3.37. The molecule has 154 valence electrons. The van der Waals surface area contributed by atoms with Gasteiger partial charge in [-0.25, -0.2) is 14.6 Å². The molecular formula is C22H20N2O6. The molecule has 1 fully saturated rings. The van der Waals surface area contributed by atoms with Crippen LogP contribution in [0.15, 0.2) is 52.6 Å². The van der Waals surface area contributed by atoms with E-state index in [4.69, 9.17) is 18.6 Å². The molecule has 0 saturated carbocycles. The Kier molecular flexibility index (Phi) is 4.69. The summed E-state index contributed by atoms with van der Waals surface area (Å²) in [6, 6.07) is 10.9. The first-order chi connectivity index (χ1) is 14.3. The van der Waals surface area contributed by atoms with E-state index < -0.39 is 17.7 Å². The number of nitrogens with zero attached hydrogens (tertiary/aromatic N) is 1. The maximum absolute atomic E-state index is 12.1. The van der Waals surface area contributed by atoms with E-state index in [1.807, 2.05) is 25.1 Å². The van der Waals surface area contributed by atoms with Crippen LogP contribution in [0, 0.1) is 6.92 Å². The van der Waals surface area contributed by atoms with Gasteiger partial charge in [-0.1, -0.05) is 6.07 Å². The second-order valence-corrected chi connectivity index (χ2v) is 7.21. The molecule has 1 aliphatic heterocycles. The first-order valence-corrected chi connectivity index (χ1v) is 9.25. The lowest BCUT2D eigenvalue weighted by atomic mass is 10.1. The van der Waals surface area contributed by atoms with Crippen molar-refractivity contribution >= 4 is 28.7 Å². The van der Waals surface area contributed by atoms with Crippen LogP contribution in [0.5, 0.6) is 5.75 Å². The number of methoxy groups -OCH3 is 1. The Labute approximate surface area is 172 Å². The van der Waals surface area contributed by atoms with E-state index in [-0.39, 0.29) is 5.57 Å². The highest BCUT2D eigenvalue weighted by molar-refractivity contribution is 6.15. The van der Waals surface area contributed by atoms with Gasteiger partial charge in [0.1, 0.15) is 11.3 Å². The van der Waals surface area contributed by atoms with Crippen molar-refractivity contribution in [2.24, 2.45) is 0 Å². The van der Waals surface area contributed by atoms with Gasteiger partial charge >= 0.3 is 11.9 Å². The van der Waals surface area contributed by atoms with Crippen molar-refractivity contribution in [2.75, 3.05) is 12.4 Å². The van der Waals surface area contributed by atoms with Gasteiger partial charge in [-0.2, -0.15) is 0 Å². The van der Waals surface area contributed by atoms with Crippen molar-refractivity contribution in [1.29, 1.82) is 0 Å². The van der Waals surface area contributed by atoms with Gasteiger partial charge in [-0.3, -0.25) is 0 Å². The number of esters is 2. The highest BCUT2D eigenvalue weighted by Gasteiger charge is 2.39. The van der Waals surface area contributed by atoms with Crippen molar-refractivity contribution in [3.8, 4) is 17.2 Å². The zero-order valence-corrected chi connectivity index (χ0v) is 16.9. The van der Waals surface area contributed by atoms with Crippen LogP contribution in [0.2, 0.25) is 0 Å². The molecule has 0 bridgehead atoms. The molecule has 4 rings (SSSR count). The number of aromatic nitrogens is 1. The minimum Gasteiger partial charge on any atom is -0.497 e. The van der Waals surface area contributed by atoms with E-state index >= 15 is 0 Å². The van der Waals surface area contributed by atoms with Crippen LogP contribution < -0.4 is 10.1 Å². The van der Waals surface area contributed by atoms with Crippen LogP contribution in [0.25, 0.3) is 22.6 Å². The molecule has 1 N–H and O–H groups in total. The quantitative estimate of drug-likeness (QED) is 0.394.